The van der Waals surface area contributed by atoms with Gasteiger partial charge in [-0.2, -0.15) is 8.42 Å². The number of benzene rings is 2. The van der Waals surface area contributed by atoms with Gasteiger partial charge in [0.2, 0.25) is 0 Å². The number of nitrogens with zero attached hydrogens (tertiary/aromatic N) is 1. The summed E-state index contributed by atoms with van der Waals surface area (Å²) >= 11 is 0. The molecule has 8 nitrogen and oxygen atoms in total. The first kappa shape index (κ1) is 17.7. The molecule has 0 fully saturated rings. The van der Waals surface area contributed by atoms with E-state index in [-0.39, 0.29) is 15.5 Å². The smallest absolute Gasteiger partial charge is 0.324 e. The lowest BCUT2D eigenvalue weighted by Crippen LogP contribution is -2.38. The molecule has 0 unspecified atom stereocenters. The van der Waals surface area contributed by atoms with Crippen LogP contribution < -0.4 is 24.9 Å². The molecular formula is C17H15NO7S. The molecule has 0 aliphatic carbocycles. The summed E-state index contributed by atoms with van der Waals surface area (Å²) in [5.74, 6) is 0.752. The summed E-state index contributed by atoms with van der Waals surface area (Å²) in [6, 6.07) is 9.35. The van der Waals surface area contributed by atoms with Crippen molar-refractivity contribution in [2.75, 3.05) is 20.5 Å². The molecule has 2 aromatic carbocycles. The molecule has 0 bridgehead atoms. The maximum atomic E-state index is 12.8. The van der Waals surface area contributed by atoms with Crippen LogP contribution >= 0.6 is 0 Å². The van der Waals surface area contributed by atoms with Gasteiger partial charge < -0.3 is 9.47 Å². The lowest BCUT2D eigenvalue weighted by Gasteiger charge is -2.02. The van der Waals surface area contributed by atoms with Crippen LogP contribution in [-0.4, -0.2) is 33.6 Å². The van der Waals surface area contributed by atoms with Gasteiger partial charge in [-0.1, -0.05) is 4.73 Å². The minimum atomic E-state index is -4.12. The van der Waals surface area contributed by atoms with Crippen LogP contribution in [0.25, 0.3) is 21.5 Å². The van der Waals surface area contributed by atoms with E-state index >= 15 is 0 Å². The summed E-state index contributed by atoms with van der Waals surface area (Å²) in [7, 11) is -1.26. The molecule has 3 aromatic rings. The lowest BCUT2D eigenvalue weighted by atomic mass is 10.1. The molecule has 0 N–H and O–H groups in total. The van der Waals surface area contributed by atoms with E-state index in [1.165, 1.54) is 26.4 Å². The van der Waals surface area contributed by atoms with E-state index in [0.717, 1.165) is 6.26 Å². The topological polar surface area (TPSA) is 101 Å². The van der Waals surface area contributed by atoms with E-state index in [9.17, 15) is 18.0 Å². The van der Waals surface area contributed by atoms with Crippen molar-refractivity contribution in [2.45, 2.75) is 0 Å². The fourth-order valence-corrected chi connectivity index (χ4v) is 3.04. The fraction of sp³-hybridized carbons (Fsp3) is 0.176. The Morgan fingerprint density at radius 1 is 0.769 bits per heavy atom. The van der Waals surface area contributed by atoms with Gasteiger partial charge in [-0.25, -0.2) is 0 Å². The van der Waals surface area contributed by atoms with Gasteiger partial charge in [0, 0.05) is 0 Å². The summed E-state index contributed by atoms with van der Waals surface area (Å²) in [5, 5.41) is 1.04. The maximum Gasteiger partial charge on any atom is 0.324 e. The average molecular weight is 377 g/mol. The van der Waals surface area contributed by atoms with Crippen molar-refractivity contribution in [2.24, 2.45) is 0 Å². The zero-order valence-corrected chi connectivity index (χ0v) is 15.0. The summed E-state index contributed by atoms with van der Waals surface area (Å²) < 4.78 is 38.3. The molecule has 0 amide bonds. The average Bonchev–Trinajstić information content (AvgIpc) is 2.70. The predicted octanol–water partition coefficient (Wildman–Crippen LogP) is 0.920. The summed E-state index contributed by atoms with van der Waals surface area (Å²) in [6.07, 6.45) is 0.747. The highest BCUT2D eigenvalue weighted by Gasteiger charge is 2.16. The SMILES string of the molecule is COc1ccc2c(c1)c(=O)n(OS(C)(=O)=O)c(=O)c1cc(OC)ccc12. The second-order valence-electron chi connectivity index (χ2n) is 5.51. The number of aromatic nitrogens is 1. The van der Waals surface area contributed by atoms with Gasteiger partial charge in [-0.3, -0.25) is 13.9 Å². The summed E-state index contributed by atoms with van der Waals surface area (Å²) in [5.41, 5.74) is -1.83. The highest BCUT2D eigenvalue weighted by Crippen LogP contribution is 2.26. The maximum absolute atomic E-state index is 12.8. The van der Waals surface area contributed by atoms with Crippen LogP contribution in [0.4, 0.5) is 0 Å². The third kappa shape index (κ3) is 3.08. The Bertz CT molecular complexity index is 1170. The molecule has 1 aromatic heterocycles. The van der Waals surface area contributed by atoms with Gasteiger partial charge in [-0.05, 0) is 47.2 Å². The zero-order valence-electron chi connectivity index (χ0n) is 14.2. The van der Waals surface area contributed by atoms with Crippen molar-refractivity contribution in [3.8, 4) is 11.5 Å². The molecule has 0 saturated carbocycles. The second kappa shape index (κ2) is 6.34. The first-order valence-electron chi connectivity index (χ1n) is 7.40. The number of hydrogen-bond acceptors (Lipinski definition) is 7. The minimum absolute atomic E-state index is 0.0743. The van der Waals surface area contributed by atoms with Crippen molar-refractivity contribution in [3.05, 3.63) is 57.1 Å². The molecule has 26 heavy (non-hydrogen) atoms. The van der Waals surface area contributed by atoms with Gasteiger partial charge in [0.25, 0.3) is 11.1 Å². The molecule has 9 heteroatoms. The molecule has 0 aliphatic heterocycles. The highest BCUT2D eigenvalue weighted by atomic mass is 32.2. The van der Waals surface area contributed by atoms with Crippen LogP contribution in [0.1, 0.15) is 0 Å². The van der Waals surface area contributed by atoms with Gasteiger partial charge in [0.1, 0.15) is 11.5 Å². The van der Waals surface area contributed by atoms with Gasteiger partial charge in [0.15, 0.2) is 0 Å². The van der Waals surface area contributed by atoms with E-state index in [0.29, 0.717) is 22.3 Å². The number of fused-ring (bicyclic) bond motifs is 3. The van der Waals surface area contributed by atoms with Crippen LogP contribution in [0.15, 0.2) is 46.0 Å². The largest absolute Gasteiger partial charge is 0.497 e. The Hall–Kier alpha value is -3.07. The number of hydrogen-bond donors (Lipinski definition) is 0. The van der Waals surface area contributed by atoms with Gasteiger partial charge >= 0.3 is 10.1 Å². The van der Waals surface area contributed by atoms with Crippen molar-refractivity contribution in [1.82, 2.24) is 4.73 Å². The molecular weight excluding hydrogens is 362 g/mol. The molecule has 1 heterocycles. The van der Waals surface area contributed by atoms with Crippen LogP contribution in [0.2, 0.25) is 0 Å². The van der Waals surface area contributed by atoms with E-state index in [2.05, 4.69) is 4.28 Å². The van der Waals surface area contributed by atoms with Crippen LogP contribution in [-0.2, 0) is 10.1 Å². The van der Waals surface area contributed by atoms with Crippen LogP contribution in [0.3, 0.4) is 0 Å². The third-order valence-electron chi connectivity index (χ3n) is 3.78. The molecule has 0 saturated heterocycles. The number of rotatable bonds is 4. The number of methoxy groups -OCH3 is 2. The third-order valence-corrected chi connectivity index (χ3v) is 4.20. The Kier molecular flexibility index (Phi) is 4.33. The van der Waals surface area contributed by atoms with E-state index in [1.54, 1.807) is 24.3 Å². The number of ether oxygens (including phenoxy) is 2. The Balaban J connectivity index is 2.63. The molecule has 0 radical (unpaired) electrons. The van der Waals surface area contributed by atoms with Crippen LogP contribution in [0, 0.1) is 0 Å². The fourth-order valence-electron chi connectivity index (χ4n) is 2.64. The Labute approximate surface area is 148 Å². The minimum Gasteiger partial charge on any atom is -0.497 e. The van der Waals surface area contributed by atoms with Gasteiger partial charge in [0.05, 0.1) is 31.2 Å². The van der Waals surface area contributed by atoms with Crippen molar-refractivity contribution < 1.29 is 22.2 Å². The first-order chi connectivity index (χ1) is 12.2. The van der Waals surface area contributed by atoms with E-state index < -0.39 is 21.2 Å². The normalized spacial score (nSPS) is 11.5. The zero-order chi connectivity index (χ0) is 19.1. The molecule has 0 aliphatic rings. The van der Waals surface area contributed by atoms with E-state index in [4.69, 9.17) is 9.47 Å². The lowest BCUT2D eigenvalue weighted by molar-refractivity contribution is 0.264. The molecule has 3 rings (SSSR count). The summed E-state index contributed by atoms with van der Waals surface area (Å²) in [4.78, 5) is 25.7. The predicted molar refractivity (Wildman–Crippen MR) is 96.5 cm³/mol. The molecule has 0 spiro atoms. The quantitative estimate of drug-likeness (QED) is 0.666. The van der Waals surface area contributed by atoms with E-state index in [1.807, 2.05) is 0 Å². The summed E-state index contributed by atoms with van der Waals surface area (Å²) in [6.45, 7) is 0. The monoisotopic (exact) mass is 377 g/mol. The Morgan fingerprint density at radius 2 is 1.19 bits per heavy atom. The van der Waals surface area contributed by atoms with Crippen molar-refractivity contribution >= 4 is 31.7 Å². The molecule has 0 atom stereocenters. The van der Waals surface area contributed by atoms with Crippen LogP contribution in [0.5, 0.6) is 11.5 Å². The van der Waals surface area contributed by atoms with Gasteiger partial charge in [-0.15, -0.1) is 0 Å². The Morgan fingerprint density at radius 3 is 1.54 bits per heavy atom. The van der Waals surface area contributed by atoms with Crippen molar-refractivity contribution in [3.63, 3.8) is 0 Å². The van der Waals surface area contributed by atoms with Crippen molar-refractivity contribution in [1.29, 1.82) is 0 Å². The second-order valence-corrected chi connectivity index (χ2v) is 7.06. The first-order valence-corrected chi connectivity index (χ1v) is 9.21. The molecule has 136 valence electrons. The standard InChI is InChI=1S/C17H15NO7S/c1-23-10-4-6-12-13-7-5-11(24-2)9-15(13)17(20)18(25-26(3,21)22)16(19)14(12)8-10/h4-9H,1-3H3. The highest BCUT2D eigenvalue weighted by molar-refractivity contribution is 7.86.